The average molecular weight is 468 g/mol. The predicted molar refractivity (Wildman–Crippen MR) is 133 cm³/mol. The number of carbonyl (C=O) groups is 2. The predicted octanol–water partition coefficient (Wildman–Crippen LogP) is 5.40. The zero-order valence-corrected chi connectivity index (χ0v) is 19.5. The number of anilines is 1. The summed E-state index contributed by atoms with van der Waals surface area (Å²) in [5.74, 6) is 0.190. The summed E-state index contributed by atoms with van der Waals surface area (Å²) < 4.78 is 10.7. The molecule has 7 nitrogen and oxygen atoms in total. The molecule has 7 heteroatoms. The Kier molecular flexibility index (Phi) is 6.06. The molecule has 3 aromatic carbocycles. The average Bonchev–Trinajstić information content (AvgIpc) is 3.44. The number of aromatic amines is 1. The lowest BCUT2D eigenvalue weighted by Crippen LogP contribution is -2.29. The number of benzene rings is 3. The Bertz CT molecular complexity index is 1350. The van der Waals surface area contributed by atoms with E-state index >= 15 is 0 Å². The van der Waals surface area contributed by atoms with Gasteiger partial charge in [-0.05, 0) is 55.8 Å². The summed E-state index contributed by atoms with van der Waals surface area (Å²) in [6.07, 6.45) is 0. The Morgan fingerprint density at radius 2 is 1.66 bits per heavy atom. The Morgan fingerprint density at radius 1 is 0.943 bits per heavy atom. The van der Waals surface area contributed by atoms with Crippen molar-refractivity contribution in [2.24, 2.45) is 0 Å². The summed E-state index contributed by atoms with van der Waals surface area (Å²) in [7, 11) is 0. The van der Waals surface area contributed by atoms with Crippen molar-refractivity contribution in [2.45, 2.75) is 19.9 Å². The number of aromatic nitrogens is 2. The molecule has 0 aliphatic carbocycles. The quantitative estimate of drug-likeness (QED) is 0.368. The van der Waals surface area contributed by atoms with Crippen molar-refractivity contribution in [2.75, 3.05) is 18.1 Å². The molecule has 0 saturated heterocycles. The number of esters is 1. The van der Waals surface area contributed by atoms with Crippen molar-refractivity contribution in [3.05, 3.63) is 101 Å². The summed E-state index contributed by atoms with van der Waals surface area (Å²) in [4.78, 5) is 27.5. The van der Waals surface area contributed by atoms with Gasteiger partial charge in [-0.1, -0.05) is 42.5 Å². The van der Waals surface area contributed by atoms with Crippen molar-refractivity contribution in [1.29, 1.82) is 0 Å². The molecule has 1 aliphatic rings. The molecule has 5 rings (SSSR count). The van der Waals surface area contributed by atoms with E-state index in [1.165, 1.54) is 0 Å². The van der Waals surface area contributed by atoms with Crippen molar-refractivity contribution in [3.8, 4) is 17.0 Å². The largest absolute Gasteiger partial charge is 0.494 e. The van der Waals surface area contributed by atoms with Crippen LogP contribution in [0.15, 0.2) is 78.9 Å². The van der Waals surface area contributed by atoms with Crippen LogP contribution in [-0.4, -0.2) is 35.3 Å². The molecule has 35 heavy (non-hydrogen) atoms. The second-order valence-corrected chi connectivity index (χ2v) is 8.07. The van der Waals surface area contributed by atoms with E-state index in [-0.39, 0.29) is 5.91 Å². The smallest absolute Gasteiger partial charge is 0.338 e. The highest BCUT2D eigenvalue weighted by Gasteiger charge is 2.43. The number of nitrogens with one attached hydrogen (secondary N) is 1. The highest BCUT2D eigenvalue weighted by molar-refractivity contribution is 6.12. The van der Waals surface area contributed by atoms with Crippen molar-refractivity contribution in [3.63, 3.8) is 0 Å². The number of rotatable bonds is 7. The number of nitrogens with zero attached hydrogens (tertiary/aromatic N) is 2. The monoisotopic (exact) mass is 467 g/mol. The maximum Gasteiger partial charge on any atom is 0.338 e. The fourth-order valence-corrected chi connectivity index (χ4v) is 4.43. The van der Waals surface area contributed by atoms with E-state index < -0.39 is 12.0 Å². The van der Waals surface area contributed by atoms with Crippen LogP contribution in [0.1, 0.15) is 51.9 Å². The zero-order valence-electron chi connectivity index (χ0n) is 19.5. The molecule has 2 heterocycles. The van der Waals surface area contributed by atoms with Crippen LogP contribution < -0.4 is 9.64 Å². The Balaban J connectivity index is 1.61. The van der Waals surface area contributed by atoms with Crippen molar-refractivity contribution < 1.29 is 19.1 Å². The SMILES string of the molecule is CCOC(=O)c1ccc(N2C(=O)c3[nH]nc(-c4ccccc4)c3[C@@H]2c2ccc(OCC)cc2)cc1. The van der Waals surface area contributed by atoms with Crippen LogP contribution in [0.3, 0.4) is 0 Å². The summed E-state index contributed by atoms with van der Waals surface area (Å²) >= 11 is 0. The standard InChI is InChI=1S/C28H25N3O4/c1-3-34-22-16-12-19(13-17-22)26-23-24(18-8-6-5-7-9-18)29-30-25(23)27(32)31(26)21-14-10-20(11-15-21)28(33)35-4-2/h5-17,26H,3-4H2,1-2H3,(H,29,30)/t26-/m0/s1. The van der Waals surface area contributed by atoms with Gasteiger partial charge in [-0.2, -0.15) is 5.10 Å². The first-order chi connectivity index (χ1) is 17.1. The number of H-pyrrole nitrogens is 1. The van der Waals surface area contributed by atoms with Gasteiger partial charge >= 0.3 is 5.97 Å². The fraction of sp³-hybridized carbons (Fsp3) is 0.179. The van der Waals surface area contributed by atoms with E-state index in [0.29, 0.717) is 30.2 Å². The number of carbonyl (C=O) groups excluding carboxylic acids is 2. The van der Waals surface area contributed by atoms with E-state index in [4.69, 9.17) is 9.47 Å². The van der Waals surface area contributed by atoms with Gasteiger partial charge in [0.05, 0.1) is 30.5 Å². The number of fused-ring (bicyclic) bond motifs is 1. The molecule has 4 aromatic rings. The molecule has 1 aliphatic heterocycles. The topological polar surface area (TPSA) is 84.5 Å². The molecular formula is C28H25N3O4. The van der Waals surface area contributed by atoms with Gasteiger partial charge in [0.15, 0.2) is 0 Å². The first-order valence-corrected chi connectivity index (χ1v) is 11.6. The molecule has 0 saturated carbocycles. The van der Waals surface area contributed by atoms with Crippen molar-refractivity contribution >= 4 is 17.6 Å². The van der Waals surface area contributed by atoms with E-state index in [1.54, 1.807) is 36.1 Å². The van der Waals surface area contributed by atoms with Gasteiger partial charge in [0.25, 0.3) is 5.91 Å². The van der Waals surface area contributed by atoms with E-state index in [0.717, 1.165) is 28.1 Å². The van der Waals surface area contributed by atoms with Crippen LogP contribution in [0.5, 0.6) is 5.75 Å². The van der Waals surface area contributed by atoms with Gasteiger partial charge in [0.2, 0.25) is 0 Å². The minimum absolute atomic E-state index is 0.183. The van der Waals surface area contributed by atoms with Crippen LogP contribution >= 0.6 is 0 Å². The molecule has 0 unspecified atom stereocenters. The van der Waals surface area contributed by atoms with Gasteiger partial charge in [0.1, 0.15) is 11.4 Å². The maximum atomic E-state index is 13.7. The number of hydrogen-bond acceptors (Lipinski definition) is 5. The molecule has 1 aromatic heterocycles. The third kappa shape index (κ3) is 4.05. The molecule has 0 radical (unpaired) electrons. The van der Waals surface area contributed by atoms with Crippen molar-refractivity contribution in [1.82, 2.24) is 10.2 Å². The fourth-order valence-electron chi connectivity index (χ4n) is 4.43. The minimum Gasteiger partial charge on any atom is -0.494 e. The Labute approximate surface area is 203 Å². The first kappa shape index (κ1) is 22.4. The van der Waals surface area contributed by atoms with Gasteiger partial charge in [-0.15, -0.1) is 0 Å². The van der Waals surface area contributed by atoms with E-state index in [2.05, 4.69) is 10.2 Å². The summed E-state index contributed by atoms with van der Waals surface area (Å²) in [5.41, 5.74) is 4.97. The van der Waals surface area contributed by atoms with Crippen LogP contribution in [0.4, 0.5) is 5.69 Å². The zero-order chi connectivity index (χ0) is 24.4. The lowest BCUT2D eigenvalue weighted by molar-refractivity contribution is 0.0526. The molecular weight excluding hydrogens is 442 g/mol. The van der Waals surface area contributed by atoms with Gasteiger partial charge < -0.3 is 9.47 Å². The third-order valence-corrected chi connectivity index (χ3v) is 5.98. The summed E-state index contributed by atoms with van der Waals surface area (Å²) in [5, 5.41) is 7.48. The normalized spacial score (nSPS) is 14.6. The molecule has 0 fully saturated rings. The van der Waals surface area contributed by atoms with Gasteiger partial charge in [0, 0.05) is 16.8 Å². The Morgan fingerprint density at radius 3 is 2.31 bits per heavy atom. The highest BCUT2D eigenvalue weighted by atomic mass is 16.5. The van der Waals surface area contributed by atoms with Crippen LogP contribution in [0.25, 0.3) is 11.3 Å². The lowest BCUT2D eigenvalue weighted by atomic mass is 9.95. The van der Waals surface area contributed by atoms with Gasteiger partial charge in [-0.3, -0.25) is 14.8 Å². The summed E-state index contributed by atoms with van der Waals surface area (Å²) in [6.45, 7) is 4.58. The number of hydrogen-bond donors (Lipinski definition) is 1. The second-order valence-electron chi connectivity index (χ2n) is 8.07. The lowest BCUT2D eigenvalue weighted by Gasteiger charge is -2.27. The van der Waals surface area contributed by atoms with Crippen LogP contribution in [0.2, 0.25) is 0 Å². The van der Waals surface area contributed by atoms with Crippen LogP contribution in [0, 0.1) is 0 Å². The number of amides is 1. The molecule has 176 valence electrons. The maximum absolute atomic E-state index is 13.7. The Hall–Kier alpha value is -4.39. The molecule has 0 spiro atoms. The summed E-state index contributed by atoms with van der Waals surface area (Å²) in [6, 6.07) is 24.1. The van der Waals surface area contributed by atoms with Gasteiger partial charge in [-0.25, -0.2) is 4.79 Å². The molecule has 0 bridgehead atoms. The minimum atomic E-state index is -0.407. The van der Waals surface area contributed by atoms with Crippen LogP contribution in [-0.2, 0) is 4.74 Å². The van der Waals surface area contributed by atoms with E-state index in [1.807, 2.05) is 61.5 Å². The molecule has 1 atom stereocenters. The highest BCUT2D eigenvalue weighted by Crippen LogP contribution is 2.45. The molecule has 1 N–H and O–H groups in total. The first-order valence-electron chi connectivity index (χ1n) is 11.6. The van der Waals surface area contributed by atoms with E-state index in [9.17, 15) is 9.59 Å². The third-order valence-electron chi connectivity index (χ3n) is 5.98. The second kappa shape index (κ2) is 9.46. The molecule has 1 amide bonds. The number of ether oxygens (including phenoxy) is 2.